The Kier molecular flexibility index (Phi) is 3.18. The molecule has 0 saturated carbocycles. The third-order valence-electron chi connectivity index (χ3n) is 1.95. The van der Waals surface area contributed by atoms with Gasteiger partial charge in [0.15, 0.2) is 0 Å². The molecule has 0 saturated heterocycles. The van der Waals surface area contributed by atoms with Gasteiger partial charge in [-0.15, -0.1) is 11.3 Å². The molecule has 0 spiro atoms. The molecule has 14 heavy (non-hydrogen) atoms. The summed E-state index contributed by atoms with van der Waals surface area (Å²) in [6.07, 6.45) is 0. The molecule has 0 aliphatic rings. The Bertz CT molecular complexity index is 485. The zero-order valence-corrected chi connectivity index (χ0v) is 11.4. The van der Waals surface area contributed by atoms with Gasteiger partial charge < -0.3 is 10.0 Å². The van der Waals surface area contributed by atoms with Crippen LogP contribution in [0.1, 0.15) is 0 Å². The van der Waals surface area contributed by atoms with Gasteiger partial charge in [0, 0.05) is 12.7 Å². The molecule has 6 heteroatoms. The molecule has 0 amide bonds. The number of hydrogen-bond donors (Lipinski definition) is 2. The van der Waals surface area contributed by atoms with Gasteiger partial charge in [-0.05, 0) is 66.9 Å². The van der Waals surface area contributed by atoms with Gasteiger partial charge in [0.1, 0.15) is 0 Å². The number of benzene rings is 1. The van der Waals surface area contributed by atoms with Crippen molar-refractivity contribution < 1.29 is 10.0 Å². The lowest BCUT2D eigenvalue weighted by Crippen LogP contribution is -2.30. The quantitative estimate of drug-likeness (QED) is 0.584. The van der Waals surface area contributed by atoms with E-state index in [0.717, 1.165) is 18.1 Å². The van der Waals surface area contributed by atoms with Crippen LogP contribution in [-0.4, -0.2) is 17.2 Å². The van der Waals surface area contributed by atoms with Crippen LogP contribution < -0.4 is 5.46 Å². The van der Waals surface area contributed by atoms with E-state index in [1.165, 1.54) is 0 Å². The van der Waals surface area contributed by atoms with Crippen molar-refractivity contribution in [3.05, 3.63) is 25.6 Å². The summed E-state index contributed by atoms with van der Waals surface area (Å²) in [7, 11) is -1.41. The van der Waals surface area contributed by atoms with Crippen LogP contribution in [0.5, 0.6) is 0 Å². The maximum absolute atomic E-state index is 9.20. The van der Waals surface area contributed by atoms with Gasteiger partial charge in [0.25, 0.3) is 0 Å². The van der Waals surface area contributed by atoms with Crippen LogP contribution in [0, 0.1) is 3.57 Å². The zero-order chi connectivity index (χ0) is 10.3. The van der Waals surface area contributed by atoms with Crippen molar-refractivity contribution >= 4 is 72.5 Å². The number of thiophene rings is 1. The van der Waals surface area contributed by atoms with E-state index in [1.54, 1.807) is 17.4 Å². The van der Waals surface area contributed by atoms with Crippen LogP contribution >= 0.6 is 49.9 Å². The lowest BCUT2D eigenvalue weighted by Gasteiger charge is -2.05. The molecule has 1 aromatic carbocycles. The topological polar surface area (TPSA) is 40.5 Å². The molecule has 0 unspecified atom stereocenters. The van der Waals surface area contributed by atoms with E-state index < -0.39 is 7.12 Å². The first kappa shape index (κ1) is 10.9. The number of halogens is 2. The molecule has 72 valence electrons. The summed E-state index contributed by atoms with van der Waals surface area (Å²) in [5, 5.41) is 21.2. The van der Waals surface area contributed by atoms with E-state index in [4.69, 9.17) is 0 Å². The molecular weight excluding hydrogens is 378 g/mol. The molecular formula is C8H5BBrIO2S. The largest absolute Gasteiger partial charge is 0.489 e. The number of fused-ring (bicyclic) bond motifs is 1. The summed E-state index contributed by atoms with van der Waals surface area (Å²) in [6.45, 7) is 0. The van der Waals surface area contributed by atoms with Gasteiger partial charge in [-0.2, -0.15) is 0 Å². The summed E-state index contributed by atoms with van der Waals surface area (Å²) < 4.78 is 3.06. The Morgan fingerprint density at radius 3 is 2.79 bits per heavy atom. The molecule has 0 fully saturated rings. The summed E-state index contributed by atoms with van der Waals surface area (Å²) in [5.74, 6) is 0. The smallest absolute Gasteiger partial charge is 0.423 e. The molecule has 0 aliphatic heterocycles. The van der Waals surface area contributed by atoms with Crippen molar-refractivity contribution in [1.82, 2.24) is 0 Å². The van der Waals surface area contributed by atoms with E-state index in [9.17, 15) is 10.0 Å². The molecule has 0 atom stereocenters. The molecule has 1 heterocycles. The van der Waals surface area contributed by atoms with Crippen LogP contribution in [-0.2, 0) is 0 Å². The second kappa shape index (κ2) is 4.09. The fourth-order valence-electron chi connectivity index (χ4n) is 1.31. The van der Waals surface area contributed by atoms with Gasteiger partial charge in [0.2, 0.25) is 0 Å². The third kappa shape index (κ3) is 1.74. The highest BCUT2D eigenvalue weighted by molar-refractivity contribution is 14.1. The van der Waals surface area contributed by atoms with E-state index >= 15 is 0 Å². The van der Waals surface area contributed by atoms with Crippen LogP contribution in [0.3, 0.4) is 0 Å². The molecule has 2 rings (SSSR count). The predicted molar refractivity (Wildman–Crippen MR) is 72.1 cm³/mol. The van der Waals surface area contributed by atoms with Crippen molar-refractivity contribution in [3.63, 3.8) is 0 Å². The van der Waals surface area contributed by atoms with Gasteiger partial charge in [-0.25, -0.2) is 0 Å². The molecule has 2 N–H and O–H groups in total. The lowest BCUT2D eigenvalue weighted by atomic mass is 9.78. The fourth-order valence-corrected chi connectivity index (χ4v) is 3.57. The summed E-state index contributed by atoms with van der Waals surface area (Å²) >= 11 is 7.24. The minimum Gasteiger partial charge on any atom is -0.423 e. The first-order valence-electron chi connectivity index (χ1n) is 3.82. The maximum Gasteiger partial charge on any atom is 0.489 e. The fraction of sp³-hybridized carbons (Fsp3) is 0. The highest BCUT2D eigenvalue weighted by atomic mass is 127. The monoisotopic (exact) mass is 382 g/mol. The van der Waals surface area contributed by atoms with Crippen molar-refractivity contribution in [2.75, 3.05) is 0 Å². The highest BCUT2D eigenvalue weighted by Crippen LogP contribution is 2.31. The van der Waals surface area contributed by atoms with E-state index in [0.29, 0.717) is 5.46 Å². The van der Waals surface area contributed by atoms with E-state index in [-0.39, 0.29) is 0 Å². The zero-order valence-electron chi connectivity index (χ0n) is 6.87. The SMILES string of the molecule is OB(O)c1cc(I)c(Br)c2sccc12. The molecule has 0 aliphatic carbocycles. The Balaban J connectivity index is 2.84. The first-order valence-corrected chi connectivity index (χ1v) is 6.57. The Labute approximate surface area is 107 Å². The van der Waals surface area contributed by atoms with Crippen molar-refractivity contribution in [3.8, 4) is 0 Å². The molecule has 0 radical (unpaired) electrons. The lowest BCUT2D eigenvalue weighted by molar-refractivity contribution is 0.426. The average molecular weight is 383 g/mol. The molecule has 2 aromatic rings. The average Bonchev–Trinajstić information content (AvgIpc) is 2.59. The van der Waals surface area contributed by atoms with Crippen molar-refractivity contribution in [1.29, 1.82) is 0 Å². The Hall–Kier alpha value is 0.375. The molecule has 1 aromatic heterocycles. The van der Waals surface area contributed by atoms with Crippen molar-refractivity contribution in [2.24, 2.45) is 0 Å². The Morgan fingerprint density at radius 1 is 1.43 bits per heavy atom. The van der Waals surface area contributed by atoms with Crippen LogP contribution in [0.4, 0.5) is 0 Å². The van der Waals surface area contributed by atoms with Crippen LogP contribution in [0.25, 0.3) is 10.1 Å². The van der Waals surface area contributed by atoms with Crippen molar-refractivity contribution in [2.45, 2.75) is 0 Å². The summed E-state index contributed by atoms with van der Waals surface area (Å²) in [6, 6.07) is 3.68. The normalized spacial score (nSPS) is 10.9. The maximum atomic E-state index is 9.20. The standard InChI is InChI=1S/C8H5BBrIO2S/c10-7-6(11)3-5(9(12)13)4-1-2-14-8(4)7/h1-3,12-13H. The first-order chi connectivity index (χ1) is 6.61. The summed E-state index contributed by atoms with van der Waals surface area (Å²) in [5.41, 5.74) is 0.564. The Morgan fingerprint density at radius 2 is 2.14 bits per heavy atom. The van der Waals surface area contributed by atoms with Gasteiger partial charge in [0.05, 0.1) is 0 Å². The van der Waals surface area contributed by atoms with Gasteiger partial charge in [-0.3, -0.25) is 0 Å². The second-order valence-electron chi connectivity index (χ2n) is 2.80. The van der Waals surface area contributed by atoms with E-state index in [1.807, 2.05) is 11.4 Å². The minimum atomic E-state index is -1.41. The minimum absolute atomic E-state index is 0.564. The van der Waals surface area contributed by atoms with Crippen LogP contribution in [0.2, 0.25) is 0 Å². The van der Waals surface area contributed by atoms with E-state index in [2.05, 4.69) is 38.5 Å². The second-order valence-corrected chi connectivity index (χ2v) is 5.67. The third-order valence-corrected chi connectivity index (χ3v) is 5.56. The van der Waals surface area contributed by atoms with Gasteiger partial charge >= 0.3 is 7.12 Å². The van der Waals surface area contributed by atoms with Gasteiger partial charge in [-0.1, -0.05) is 0 Å². The molecule has 0 bridgehead atoms. The number of rotatable bonds is 1. The predicted octanol–water partition coefficient (Wildman–Crippen LogP) is 1.95. The molecule has 2 nitrogen and oxygen atoms in total. The highest BCUT2D eigenvalue weighted by Gasteiger charge is 2.18. The van der Waals surface area contributed by atoms with Crippen LogP contribution in [0.15, 0.2) is 22.0 Å². The number of hydrogen-bond acceptors (Lipinski definition) is 3. The summed E-state index contributed by atoms with van der Waals surface area (Å²) in [4.78, 5) is 0.